The second kappa shape index (κ2) is 4.56. The van der Waals surface area contributed by atoms with Gasteiger partial charge in [-0.25, -0.2) is 9.78 Å². The number of rotatable bonds is 1. The fourth-order valence-corrected chi connectivity index (χ4v) is 3.58. The van der Waals surface area contributed by atoms with Gasteiger partial charge in [-0.3, -0.25) is 0 Å². The molecule has 1 N–H and O–H groups in total. The number of benzene rings is 2. The molecule has 2 heterocycles. The van der Waals surface area contributed by atoms with Crippen molar-refractivity contribution in [2.24, 2.45) is 7.05 Å². The molecule has 0 unspecified atom stereocenters. The molecule has 0 spiro atoms. The molecule has 114 valence electrons. The van der Waals surface area contributed by atoms with Crippen LogP contribution < -0.4 is 0 Å². The third-order valence-electron chi connectivity index (χ3n) is 4.63. The van der Waals surface area contributed by atoms with Crippen molar-refractivity contribution in [2.45, 2.75) is 13.8 Å². The largest absolute Gasteiger partial charge is 0.476 e. The standard InChI is InChI=1S/C19H16N2O2/c1-10-4-5-16-13(8-10)15-9-14-12(11(2)18(15)21(16)3)6-7-20-17(14)19(22)23/h4-9H,1-3H3,(H,22,23). The van der Waals surface area contributed by atoms with Crippen molar-refractivity contribution < 1.29 is 9.90 Å². The Kier molecular flexibility index (Phi) is 2.73. The lowest BCUT2D eigenvalue weighted by atomic mass is 10.00. The molecule has 2 aromatic carbocycles. The van der Waals surface area contributed by atoms with Crippen LogP contribution in [0.25, 0.3) is 32.6 Å². The number of aryl methyl sites for hydroxylation is 3. The molecule has 23 heavy (non-hydrogen) atoms. The lowest BCUT2D eigenvalue weighted by Gasteiger charge is -2.08. The molecule has 0 aliphatic heterocycles. The van der Waals surface area contributed by atoms with Crippen molar-refractivity contribution >= 4 is 38.5 Å². The molecular formula is C19H16N2O2. The van der Waals surface area contributed by atoms with Crippen molar-refractivity contribution in [1.82, 2.24) is 9.55 Å². The highest BCUT2D eigenvalue weighted by atomic mass is 16.4. The highest BCUT2D eigenvalue weighted by Crippen LogP contribution is 2.35. The summed E-state index contributed by atoms with van der Waals surface area (Å²) >= 11 is 0. The molecule has 0 atom stereocenters. The van der Waals surface area contributed by atoms with Crippen LogP contribution in [-0.2, 0) is 7.05 Å². The highest BCUT2D eigenvalue weighted by Gasteiger charge is 2.17. The number of carbonyl (C=O) groups is 1. The first-order valence-electron chi connectivity index (χ1n) is 7.49. The molecule has 4 heteroatoms. The van der Waals surface area contributed by atoms with Gasteiger partial charge in [0.2, 0.25) is 0 Å². The summed E-state index contributed by atoms with van der Waals surface area (Å²) in [7, 11) is 2.05. The SMILES string of the molecule is Cc1ccc2c(c1)c1cc3c(C(=O)O)nccc3c(C)c1n2C. The predicted octanol–water partition coefficient (Wildman–Crippen LogP) is 4.19. The van der Waals surface area contributed by atoms with Gasteiger partial charge >= 0.3 is 5.97 Å². The smallest absolute Gasteiger partial charge is 0.355 e. The van der Waals surface area contributed by atoms with E-state index < -0.39 is 5.97 Å². The number of fused-ring (bicyclic) bond motifs is 4. The maximum absolute atomic E-state index is 11.5. The topological polar surface area (TPSA) is 55.1 Å². The number of carboxylic acid groups (broad SMARTS) is 1. The number of hydrogen-bond acceptors (Lipinski definition) is 2. The van der Waals surface area contributed by atoms with Crippen LogP contribution in [-0.4, -0.2) is 20.6 Å². The predicted molar refractivity (Wildman–Crippen MR) is 92.2 cm³/mol. The van der Waals surface area contributed by atoms with Crippen molar-refractivity contribution in [3.05, 3.63) is 53.3 Å². The molecule has 4 rings (SSSR count). The van der Waals surface area contributed by atoms with E-state index in [1.807, 2.05) is 19.1 Å². The number of nitrogens with zero attached hydrogens (tertiary/aromatic N) is 2. The number of carboxylic acids is 1. The fourth-order valence-electron chi connectivity index (χ4n) is 3.58. The van der Waals surface area contributed by atoms with Gasteiger partial charge in [0.1, 0.15) is 0 Å². The first-order valence-corrected chi connectivity index (χ1v) is 7.49. The summed E-state index contributed by atoms with van der Waals surface area (Å²) in [5.74, 6) is -0.995. The molecule has 0 aliphatic rings. The van der Waals surface area contributed by atoms with Gasteiger partial charge in [0.05, 0.1) is 5.52 Å². The molecule has 4 nitrogen and oxygen atoms in total. The second-order valence-electron chi connectivity index (χ2n) is 6.04. The molecule has 0 aliphatic carbocycles. The summed E-state index contributed by atoms with van der Waals surface area (Å²) in [5, 5.41) is 13.3. The monoisotopic (exact) mass is 304 g/mol. The summed E-state index contributed by atoms with van der Waals surface area (Å²) in [4.78, 5) is 15.6. The van der Waals surface area contributed by atoms with E-state index in [9.17, 15) is 9.90 Å². The Bertz CT molecular complexity index is 1120. The maximum atomic E-state index is 11.5. The molecule has 0 fully saturated rings. The lowest BCUT2D eigenvalue weighted by Crippen LogP contribution is -2.01. The third-order valence-corrected chi connectivity index (χ3v) is 4.63. The van der Waals surface area contributed by atoms with Crippen LogP contribution in [0.1, 0.15) is 21.6 Å². The van der Waals surface area contributed by atoms with E-state index in [-0.39, 0.29) is 5.69 Å². The molecule has 0 radical (unpaired) electrons. The van der Waals surface area contributed by atoms with Crippen LogP contribution in [0.3, 0.4) is 0 Å². The van der Waals surface area contributed by atoms with Gasteiger partial charge in [0, 0.05) is 34.9 Å². The minimum Gasteiger partial charge on any atom is -0.476 e. The summed E-state index contributed by atoms with van der Waals surface area (Å²) in [6.45, 7) is 4.11. The Hall–Kier alpha value is -2.88. The van der Waals surface area contributed by atoms with Gasteiger partial charge in [0.15, 0.2) is 5.69 Å². The van der Waals surface area contributed by atoms with E-state index >= 15 is 0 Å². The molecule has 0 saturated carbocycles. The number of hydrogen-bond donors (Lipinski definition) is 1. The zero-order valence-corrected chi connectivity index (χ0v) is 13.2. The van der Waals surface area contributed by atoms with Crippen molar-refractivity contribution in [2.75, 3.05) is 0 Å². The molecule has 0 saturated heterocycles. The van der Waals surface area contributed by atoms with E-state index in [2.05, 4.69) is 41.7 Å². The van der Waals surface area contributed by atoms with E-state index in [0.717, 1.165) is 32.8 Å². The van der Waals surface area contributed by atoms with Gasteiger partial charge in [-0.05, 0) is 49.1 Å². The number of aromatic nitrogens is 2. The number of pyridine rings is 1. The normalized spacial score (nSPS) is 11.6. The Balaban J connectivity index is 2.32. The fraction of sp³-hybridized carbons (Fsp3) is 0.158. The average Bonchev–Trinajstić information content (AvgIpc) is 2.79. The second-order valence-corrected chi connectivity index (χ2v) is 6.04. The van der Waals surface area contributed by atoms with E-state index in [4.69, 9.17) is 0 Å². The van der Waals surface area contributed by atoms with Gasteiger partial charge in [-0.2, -0.15) is 0 Å². The average molecular weight is 304 g/mol. The molecule has 0 bridgehead atoms. The lowest BCUT2D eigenvalue weighted by molar-refractivity contribution is 0.0693. The maximum Gasteiger partial charge on any atom is 0.355 e. The summed E-state index contributed by atoms with van der Waals surface area (Å²) < 4.78 is 2.18. The molecule has 0 amide bonds. The van der Waals surface area contributed by atoms with Crippen LogP contribution in [0.4, 0.5) is 0 Å². The molecule has 4 aromatic rings. The first-order chi connectivity index (χ1) is 11.0. The quantitative estimate of drug-likeness (QED) is 0.573. The Labute approximate surface area is 133 Å². The first kappa shape index (κ1) is 13.8. The van der Waals surface area contributed by atoms with Crippen LogP contribution >= 0.6 is 0 Å². The van der Waals surface area contributed by atoms with E-state index in [1.54, 1.807) is 6.20 Å². The van der Waals surface area contributed by atoms with Crippen molar-refractivity contribution in [3.8, 4) is 0 Å². The van der Waals surface area contributed by atoms with E-state index in [1.165, 1.54) is 5.56 Å². The van der Waals surface area contributed by atoms with Crippen LogP contribution in [0.5, 0.6) is 0 Å². The van der Waals surface area contributed by atoms with Crippen molar-refractivity contribution in [1.29, 1.82) is 0 Å². The van der Waals surface area contributed by atoms with Gasteiger partial charge in [0.25, 0.3) is 0 Å². The van der Waals surface area contributed by atoms with Crippen molar-refractivity contribution in [3.63, 3.8) is 0 Å². The number of aromatic carboxylic acids is 1. The zero-order chi connectivity index (χ0) is 16.3. The summed E-state index contributed by atoms with van der Waals surface area (Å²) in [6, 6.07) is 10.2. The van der Waals surface area contributed by atoms with Crippen LogP contribution in [0, 0.1) is 13.8 Å². The van der Waals surface area contributed by atoms with Crippen LogP contribution in [0.2, 0.25) is 0 Å². The zero-order valence-electron chi connectivity index (χ0n) is 13.2. The summed E-state index contributed by atoms with van der Waals surface area (Å²) in [6.07, 6.45) is 1.57. The molecular weight excluding hydrogens is 288 g/mol. The third kappa shape index (κ3) is 1.78. The Morgan fingerprint density at radius 1 is 1.04 bits per heavy atom. The van der Waals surface area contributed by atoms with E-state index in [0.29, 0.717) is 5.39 Å². The van der Waals surface area contributed by atoms with Crippen LogP contribution in [0.15, 0.2) is 36.5 Å². The Morgan fingerprint density at radius 3 is 2.57 bits per heavy atom. The highest BCUT2D eigenvalue weighted by molar-refractivity contribution is 6.16. The Morgan fingerprint density at radius 2 is 1.83 bits per heavy atom. The van der Waals surface area contributed by atoms with Gasteiger partial charge in [-0.1, -0.05) is 11.6 Å². The van der Waals surface area contributed by atoms with Gasteiger partial charge in [-0.15, -0.1) is 0 Å². The van der Waals surface area contributed by atoms with Gasteiger partial charge < -0.3 is 9.67 Å². The summed E-state index contributed by atoms with van der Waals surface area (Å²) in [5.41, 5.74) is 4.66. The molecule has 2 aromatic heterocycles. The minimum atomic E-state index is -0.995. The minimum absolute atomic E-state index is 0.108.